The highest BCUT2D eigenvalue weighted by atomic mass is 79.9. The molecule has 1 aromatic rings. The topological polar surface area (TPSA) is 80.4 Å². The monoisotopic (exact) mass is 287 g/mol. The molecular weight excluding hydrogens is 278 g/mol. The molecule has 0 aromatic heterocycles. The van der Waals surface area contributed by atoms with E-state index in [1.807, 2.05) is 0 Å². The van der Waals surface area contributed by atoms with Crippen molar-refractivity contribution in [1.29, 1.82) is 0 Å². The number of nitro groups is 1. The van der Waals surface area contributed by atoms with E-state index < -0.39 is 10.9 Å². The molecule has 0 saturated heterocycles. The number of alkyl halides is 1. The zero-order valence-corrected chi connectivity index (χ0v) is 10.2. The number of hydrogen-bond acceptors (Lipinski definition) is 3. The highest BCUT2D eigenvalue weighted by Crippen LogP contribution is 2.25. The number of hydrogen-bond donors (Lipinski definition) is 1. The van der Waals surface area contributed by atoms with Gasteiger partial charge in [0.15, 0.2) is 0 Å². The summed E-state index contributed by atoms with van der Waals surface area (Å²) in [5.41, 5.74) is 0.688. The van der Waals surface area contributed by atoms with Crippen LogP contribution in [0.2, 0.25) is 0 Å². The Hall–Kier alpha value is -1.43. The van der Waals surface area contributed by atoms with Crippen LogP contribution in [-0.4, -0.2) is 21.3 Å². The molecule has 0 spiro atoms. The predicted molar refractivity (Wildman–Crippen MR) is 62.3 cm³/mol. The third-order valence-electron chi connectivity index (χ3n) is 2.33. The van der Waals surface area contributed by atoms with E-state index in [1.165, 1.54) is 6.07 Å². The molecule has 0 aliphatic carbocycles. The van der Waals surface area contributed by atoms with Crippen LogP contribution in [0.5, 0.6) is 0 Å². The largest absolute Gasteiger partial charge is 0.477 e. The van der Waals surface area contributed by atoms with Gasteiger partial charge >= 0.3 is 5.97 Å². The van der Waals surface area contributed by atoms with Crippen LogP contribution in [0, 0.1) is 17.0 Å². The second-order valence-electron chi connectivity index (χ2n) is 3.25. The molecule has 1 aromatic carbocycles. The number of carbonyl (C=O) groups is 1. The van der Waals surface area contributed by atoms with Crippen LogP contribution < -0.4 is 0 Å². The molecule has 1 N–H and O–H groups in total. The minimum atomic E-state index is -1.26. The number of rotatable bonds is 4. The SMILES string of the molecule is Cc1c(CCBr)ccc([N+](=O)[O-])c1C(=O)O. The Morgan fingerprint density at radius 2 is 2.19 bits per heavy atom. The Balaban J connectivity index is 3.41. The molecule has 1 rings (SSSR count). The molecule has 0 aliphatic heterocycles. The van der Waals surface area contributed by atoms with E-state index in [9.17, 15) is 14.9 Å². The fraction of sp³-hybridized carbons (Fsp3) is 0.300. The normalized spacial score (nSPS) is 10.1. The van der Waals surface area contributed by atoms with Gasteiger partial charge in [-0.15, -0.1) is 0 Å². The molecule has 86 valence electrons. The predicted octanol–water partition coefficient (Wildman–Crippen LogP) is 2.54. The third-order valence-corrected chi connectivity index (χ3v) is 2.73. The van der Waals surface area contributed by atoms with Gasteiger partial charge in [-0.25, -0.2) is 4.79 Å². The summed E-state index contributed by atoms with van der Waals surface area (Å²) in [5, 5.41) is 20.3. The lowest BCUT2D eigenvalue weighted by atomic mass is 9.99. The van der Waals surface area contributed by atoms with Gasteiger partial charge in [-0.1, -0.05) is 22.0 Å². The van der Waals surface area contributed by atoms with Gasteiger partial charge in [-0.05, 0) is 24.5 Å². The van der Waals surface area contributed by atoms with Crippen LogP contribution in [0.15, 0.2) is 12.1 Å². The van der Waals surface area contributed by atoms with Crippen molar-refractivity contribution in [2.45, 2.75) is 13.3 Å². The number of nitro benzene ring substituents is 1. The van der Waals surface area contributed by atoms with Crippen molar-refractivity contribution >= 4 is 27.6 Å². The summed E-state index contributed by atoms with van der Waals surface area (Å²) in [5.74, 6) is -1.26. The van der Waals surface area contributed by atoms with Crippen LogP contribution in [0.4, 0.5) is 5.69 Å². The second kappa shape index (κ2) is 5.07. The Morgan fingerprint density at radius 3 is 2.62 bits per heavy atom. The Bertz CT molecular complexity index is 445. The van der Waals surface area contributed by atoms with Crippen LogP contribution >= 0.6 is 15.9 Å². The van der Waals surface area contributed by atoms with Gasteiger partial charge in [0, 0.05) is 11.4 Å². The minimum Gasteiger partial charge on any atom is -0.477 e. The molecular formula is C10H10BrNO4. The van der Waals surface area contributed by atoms with E-state index in [0.717, 1.165) is 5.56 Å². The van der Waals surface area contributed by atoms with E-state index in [-0.39, 0.29) is 11.3 Å². The maximum atomic E-state index is 11.0. The Morgan fingerprint density at radius 1 is 1.56 bits per heavy atom. The van der Waals surface area contributed by atoms with Gasteiger partial charge in [-0.3, -0.25) is 10.1 Å². The summed E-state index contributed by atoms with van der Waals surface area (Å²) in [4.78, 5) is 21.0. The van der Waals surface area contributed by atoms with Gasteiger partial charge in [0.05, 0.1) is 4.92 Å². The minimum absolute atomic E-state index is 0.219. The lowest BCUT2D eigenvalue weighted by molar-refractivity contribution is -0.385. The maximum absolute atomic E-state index is 11.0. The van der Waals surface area contributed by atoms with E-state index in [0.29, 0.717) is 17.3 Å². The van der Waals surface area contributed by atoms with Crippen LogP contribution in [0.3, 0.4) is 0 Å². The van der Waals surface area contributed by atoms with Crippen molar-refractivity contribution in [2.24, 2.45) is 0 Å². The van der Waals surface area contributed by atoms with Crippen molar-refractivity contribution in [2.75, 3.05) is 5.33 Å². The lowest BCUT2D eigenvalue weighted by Gasteiger charge is -2.07. The number of aromatic carboxylic acids is 1. The quantitative estimate of drug-likeness (QED) is 0.524. The number of carboxylic acids is 1. The summed E-state index contributed by atoms with van der Waals surface area (Å²) in [6.45, 7) is 1.59. The van der Waals surface area contributed by atoms with Gasteiger partial charge in [0.25, 0.3) is 5.69 Å². The van der Waals surface area contributed by atoms with Gasteiger partial charge < -0.3 is 5.11 Å². The van der Waals surface area contributed by atoms with E-state index in [4.69, 9.17) is 5.11 Å². The van der Waals surface area contributed by atoms with Crippen LogP contribution in [0.1, 0.15) is 21.5 Å². The van der Waals surface area contributed by atoms with Crippen molar-refractivity contribution in [3.8, 4) is 0 Å². The zero-order valence-electron chi connectivity index (χ0n) is 8.57. The number of benzene rings is 1. The maximum Gasteiger partial charge on any atom is 0.343 e. The first-order valence-corrected chi connectivity index (χ1v) is 5.67. The first kappa shape index (κ1) is 12.6. The molecule has 0 amide bonds. The fourth-order valence-corrected chi connectivity index (χ4v) is 1.96. The van der Waals surface area contributed by atoms with Crippen molar-refractivity contribution in [3.63, 3.8) is 0 Å². The molecule has 0 atom stereocenters. The smallest absolute Gasteiger partial charge is 0.343 e. The van der Waals surface area contributed by atoms with Crippen molar-refractivity contribution < 1.29 is 14.8 Å². The first-order chi connectivity index (χ1) is 7.49. The molecule has 0 heterocycles. The van der Waals surface area contributed by atoms with E-state index in [1.54, 1.807) is 13.0 Å². The molecule has 5 nitrogen and oxygen atoms in total. The molecule has 0 bridgehead atoms. The molecule has 0 saturated carbocycles. The highest BCUT2D eigenvalue weighted by molar-refractivity contribution is 9.09. The van der Waals surface area contributed by atoms with Gasteiger partial charge in [0.1, 0.15) is 5.56 Å². The van der Waals surface area contributed by atoms with Crippen molar-refractivity contribution in [1.82, 2.24) is 0 Å². The first-order valence-electron chi connectivity index (χ1n) is 4.55. The second-order valence-corrected chi connectivity index (χ2v) is 4.04. The molecule has 0 radical (unpaired) electrons. The van der Waals surface area contributed by atoms with Crippen molar-refractivity contribution in [3.05, 3.63) is 38.9 Å². The molecule has 0 unspecified atom stereocenters. The number of nitrogens with zero attached hydrogens (tertiary/aromatic N) is 1. The molecule has 6 heteroatoms. The summed E-state index contributed by atoms with van der Waals surface area (Å²) in [6.07, 6.45) is 0.643. The standard InChI is InChI=1S/C10H10BrNO4/c1-6-7(4-5-11)2-3-8(12(15)16)9(6)10(13)14/h2-3H,4-5H2,1H3,(H,13,14). The fourth-order valence-electron chi connectivity index (χ4n) is 1.54. The number of aryl methyl sites for hydroxylation is 1. The summed E-state index contributed by atoms with van der Waals surface area (Å²) < 4.78 is 0. The van der Waals surface area contributed by atoms with Gasteiger partial charge in [-0.2, -0.15) is 0 Å². The zero-order chi connectivity index (χ0) is 12.3. The Labute approximate surface area is 100 Å². The lowest BCUT2D eigenvalue weighted by Crippen LogP contribution is -2.07. The summed E-state index contributed by atoms with van der Waals surface area (Å²) in [7, 11) is 0. The number of halogens is 1. The number of carboxylic acid groups (broad SMARTS) is 1. The van der Waals surface area contributed by atoms with Gasteiger partial charge in [0.2, 0.25) is 0 Å². The summed E-state index contributed by atoms with van der Waals surface area (Å²) in [6, 6.07) is 2.84. The van der Waals surface area contributed by atoms with Crippen LogP contribution in [0.25, 0.3) is 0 Å². The molecule has 0 fully saturated rings. The van der Waals surface area contributed by atoms with Crippen LogP contribution in [-0.2, 0) is 6.42 Å². The highest BCUT2D eigenvalue weighted by Gasteiger charge is 2.23. The average Bonchev–Trinajstić information content (AvgIpc) is 2.20. The van der Waals surface area contributed by atoms with E-state index in [2.05, 4.69) is 15.9 Å². The van der Waals surface area contributed by atoms with E-state index >= 15 is 0 Å². The summed E-state index contributed by atoms with van der Waals surface area (Å²) >= 11 is 3.25. The Kier molecular flexibility index (Phi) is 4.00. The molecule has 0 aliphatic rings. The third kappa shape index (κ3) is 2.38. The molecule has 16 heavy (non-hydrogen) atoms. The average molecular weight is 288 g/mol.